The van der Waals surface area contributed by atoms with E-state index in [0.29, 0.717) is 5.75 Å². The Hall–Kier alpha value is -8.22. The zero-order chi connectivity index (χ0) is 49.1. The molecular formula is C66H56N4O2. The van der Waals surface area contributed by atoms with Crippen molar-refractivity contribution in [3.63, 3.8) is 0 Å². The fourth-order valence-electron chi connectivity index (χ4n) is 11.5. The first-order valence-corrected chi connectivity index (χ1v) is 25.2. The fourth-order valence-corrected chi connectivity index (χ4v) is 11.5. The van der Waals surface area contributed by atoms with Crippen LogP contribution in [0.4, 0.5) is 0 Å². The summed E-state index contributed by atoms with van der Waals surface area (Å²) in [5, 5.41) is 4.37. The predicted molar refractivity (Wildman–Crippen MR) is 294 cm³/mol. The topological polar surface area (TPSA) is 49.0 Å². The van der Waals surface area contributed by atoms with Crippen LogP contribution in [0.3, 0.4) is 0 Å². The lowest BCUT2D eigenvalue weighted by Crippen LogP contribution is -2.33. The predicted octanol–water partition coefficient (Wildman–Crippen LogP) is 16.9. The van der Waals surface area contributed by atoms with E-state index < -0.39 is 0 Å². The molecule has 0 unspecified atom stereocenters. The summed E-state index contributed by atoms with van der Waals surface area (Å²) in [4.78, 5) is 4.96. The highest BCUT2D eigenvalue weighted by molar-refractivity contribution is 6.10. The standard InChI is InChI=1S/C66H56N4O2/c1-64(2,3)44-33-36-67-59(37-44)70-54-26-15-14-23-49(54)50-30-29-45(39-57(50)70)71-46-38-52-51-31-32-53-60(66(6,7)35-34-65(53,4)5)63(51)72-62(52)58(40-46)68-41-69(56-28-17-16-27-55(56)68)61-47(42-19-10-8-11-20-42)24-18-25-48(61)43-21-12-9-13-22-43/h8-33,36-40H,34-35H2,1-7H3. The summed E-state index contributed by atoms with van der Waals surface area (Å²) in [7, 11) is 0. The lowest BCUT2D eigenvalue weighted by Gasteiger charge is -2.41. The van der Waals surface area contributed by atoms with Gasteiger partial charge in [0.25, 0.3) is 6.33 Å². The number of hydrogen-bond donors (Lipinski definition) is 0. The van der Waals surface area contributed by atoms with E-state index in [2.05, 4.69) is 250 Å². The van der Waals surface area contributed by atoms with Gasteiger partial charge in [0.15, 0.2) is 0 Å². The minimum Gasteiger partial charge on any atom is -0.459 e. The molecule has 1 aliphatic carbocycles. The number of hydrogen-bond acceptors (Lipinski definition) is 3. The number of fused-ring (bicyclic) bond motifs is 9. The lowest BCUT2D eigenvalue weighted by atomic mass is 9.63. The highest BCUT2D eigenvalue weighted by Gasteiger charge is 2.40. The van der Waals surface area contributed by atoms with E-state index in [-0.39, 0.29) is 16.2 Å². The van der Waals surface area contributed by atoms with Crippen molar-refractivity contribution in [3.05, 3.63) is 211 Å². The normalized spacial score (nSPS) is 14.4. The van der Waals surface area contributed by atoms with Gasteiger partial charge in [-0.1, -0.05) is 182 Å². The Kier molecular flexibility index (Phi) is 9.82. The molecule has 352 valence electrons. The van der Waals surface area contributed by atoms with E-state index in [1.54, 1.807) is 0 Å². The van der Waals surface area contributed by atoms with E-state index >= 15 is 0 Å². The minimum atomic E-state index is -0.0862. The molecule has 8 aromatic carbocycles. The largest absolute Gasteiger partial charge is 0.459 e. The van der Waals surface area contributed by atoms with Crippen molar-refractivity contribution in [1.82, 2.24) is 14.1 Å². The number of para-hydroxylation sites is 4. The van der Waals surface area contributed by atoms with Gasteiger partial charge in [0.2, 0.25) is 0 Å². The number of aromatic nitrogens is 4. The Balaban J connectivity index is 1.06. The average Bonchev–Trinajstić information content (AvgIpc) is 4.07. The van der Waals surface area contributed by atoms with Gasteiger partial charge in [0.05, 0.1) is 27.8 Å². The second-order valence-electron chi connectivity index (χ2n) is 22.0. The summed E-state index contributed by atoms with van der Waals surface area (Å²) >= 11 is 0. The van der Waals surface area contributed by atoms with Crippen LogP contribution in [0.2, 0.25) is 0 Å². The lowest BCUT2D eigenvalue weighted by molar-refractivity contribution is -0.571. The molecule has 4 heterocycles. The number of furan rings is 1. The van der Waals surface area contributed by atoms with Crippen molar-refractivity contribution in [2.75, 3.05) is 0 Å². The van der Waals surface area contributed by atoms with E-state index in [0.717, 1.165) is 113 Å². The van der Waals surface area contributed by atoms with Gasteiger partial charge in [-0.2, -0.15) is 0 Å². The molecule has 72 heavy (non-hydrogen) atoms. The third kappa shape index (κ3) is 6.98. The van der Waals surface area contributed by atoms with E-state index in [1.807, 2.05) is 6.20 Å². The molecule has 0 atom stereocenters. The van der Waals surface area contributed by atoms with Crippen LogP contribution in [0.25, 0.3) is 94.2 Å². The molecule has 0 spiro atoms. The van der Waals surface area contributed by atoms with E-state index in [9.17, 15) is 0 Å². The third-order valence-electron chi connectivity index (χ3n) is 15.4. The minimum absolute atomic E-state index is 0.0123. The summed E-state index contributed by atoms with van der Waals surface area (Å²) < 4.78 is 21.3. The van der Waals surface area contributed by atoms with Crippen molar-refractivity contribution in [1.29, 1.82) is 0 Å². The smallest absolute Gasteiger partial charge is 0.270 e. The van der Waals surface area contributed by atoms with Crippen LogP contribution in [0.1, 0.15) is 78.0 Å². The second-order valence-corrected chi connectivity index (χ2v) is 22.0. The molecule has 0 aliphatic heterocycles. The first kappa shape index (κ1) is 43.8. The van der Waals surface area contributed by atoms with E-state index in [1.165, 1.54) is 16.7 Å². The highest BCUT2D eigenvalue weighted by Crippen LogP contribution is 2.51. The number of ether oxygens (including phenoxy) is 1. The van der Waals surface area contributed by atoms with Gasteiger partial charge in [-0.25, -0.2) is 4.98 Å². The number of imidazole rings is 1. The van der Waals surface area contributed by atoms with Crippen molar-refractivity contribution < 1.29 is 13.7 Å². The van der Waals surface area contributed by atoms with Crippen LogP contribution in [-0.2, 0) is 16.2 Å². The van der Waals surface area contributed by atoms with Gasteiger partial charge < -0.3 is 9.15 Å². The molecule has 0 saturated heterocycles. The van der Waals surface area contributed by atoms with Crippen LogP contribution in [0.5, 0.6) is 11.5 Å². The van der Waals surface area contributed by atoms with Crippen molar-refractivity contribution in [2.24, 2.45) is 0 Å². The Labute approximate surface area is 420 Å². The van der Waals surface area contributed by atoms with Gasteiger partial charge in [-0.05, 0) is 105 Å². The zero-order valence-electron chi connectivity index (χ0n) is 41.9. The summed E-state index contributed by atoms with van der Waals surface area (Å²) in [5.41, 5.74) is 16.0. The molecule has 0 bridgehead atoms. The van der Waals surface area contributed by atoms with Gasteiger partial charge in [-0.15, -0.1) is 0 Å². The molecule has 6 nitrogen and oxygen atoms in total. The molecule has 12 aromatic rings. The molecule has 6 heteroatoms. The first-order chi connectivity index (χ1) is 34.8. The quantitative estimate of drug-likeness (QED) is 0.118. The SMILES string of the molecule is CC(C)(C)c1ccnc(-n2c3ccccc3c3ccc(Oc4cc(-[n+]5[c-]n(-c6c(-c7ccccc7)cccc6-c6ccccc6)c6ccccc65)c5oc6c7c(ccc6c5c4)C(C)(C)CCC7(C)C)cc32)c1. The summed E-state index contributed by atoms with van der Waals surface area (Å²) in [6.07, 6.45) is 8.06. The van der Waals surface area contributed by atoms with Crippen molar-refractivity contribution in [2.45, 2.75) is 77.6 Å². The molecule has 0 N–H and O–H groups in total. The number of pyridine rings is 1. The van der Waals surface area contributed by atoms with Gasteiger partial charge in [0, 0.05) is 39.4 Å². The Morgan fingerprint density at radius 2 is 1.22 bits per heavy atom. The molecule has 0 fully saturated rings. The maximum atomic E-state index is 7.39. The van der Waals surface area contributed by atoms with E-state index in [4.69, 9.17) is 14.1 Å². The number of rotatable bonds is 7. The van der Waals surface area contributed by atoms with Crippen LogP contribution in [-0.4, -0.2) is 14.1 Å². The van der Waals surface area contributed by atoms with Gasteiger partial charge in [-0.3, -0.25) is 13.7 Å². The third-order valence-corrected chi connectivity index (χ3v) is 15.4. The number of nitrogens with zero attached hydrogens (tertiary/aromatic N) is 4. The summed E-state index contributed by atoms with van der Waals surface area (Å²) in [5.74, 6) is 2.29. The van der Waals surface area contributed by atoms with Crippen LogP contribution in [0.15, 0.2) is 193 Å². The van der Waals surface area contributed by atoms with Crippen molar-refractivity contribution in [3.8, 4) is 50.9 Å². The Bertz CT molecular complexity index is 4050. The number of benzene rings is 8. The molecule has 1 aliphatic rings. The van der Waals surface area contributed by atoms with Crippen LogP contribution >= 0.6 is 0 Å². The highest BCUT2D eigenvalue weighted by atomic mass is 16.5. The zero-order valence-corrected chi connectivity index (χ0v) is 41.9. The van der Waals surface area contributed by atoms with Crippen molar-refractivity contribution >= 4 is 54.8 Å². The summed E-state index contributed by atoms with van der Waals surface area (Å²) in [6, 6.07) is 64.8. The molecule has 4 aromatic heterocycles. The summed E-state index contributed by atoms with van der Waals surface area (Å²) in [6.45, 7) is 16.2. The monoisotopic (exact) mass is 936 g/mol. The molecule has 0 saturated carbocycles. The van der Waals surface area contributed by atoms with Gasteiger partial charge >= 0.3 is 0 Å². The average molecular weight is 937 g/mol. The molecule has 13 rings (SSSR count). The molecule has 0 amide bonds. The Morgan fingerprint density at radius 3 is 1.96 bits per heavy atom. The van der Waals surface area contributed by atoms with Crippen LogP contribution in [0, 0.1) is 6.33 Å². The first-order valence-electron chi connectivity index (χ1n) is 25.2. The van der Waals surface area contributed by atoms with Gasteiger partial charge in [0.1, 0.15) is 34.2 Å². The maximum Gasteiger partial charge on any atom is 0.270 e. The fraction of sp³-hybridized carbons (Fsp3) is 0.182. The molecular weight excluding hydrogens is 881 g/mol. The molecule has 0 radical (unpaired) electrons. The Morgan fingerprint density at radius 1 is 0.569 bits per heavy atom. The second kappa shape index (κ2) is 16.2. The van der Waals surface area contributed by atoms with Crippen LogP contribution < -0.4 is 9.30 Å². The maximum absolute atomic E-state index is 7.39.